The Hall–Kier alpha value is -2.77. The molecule has 0 fully saturated rings. The van der Waals surface area contributed by atoms with Crippen LogP contribution in [0.3, 0.4) is 0 Å². The minimum atomic E-state index is -0.990. The SMILES string of the molecule is COC(=O)c1ccc(Cl)c(NC(=O)C(=O)Nc2cc(Cl)ccc2OC)c1. The zero-order chi connectivity index (χ0) is 19.3. The molecule has 7 nitrogen and oxygen atoms in total. The van der Waals surface area contributed by atoms with Crippen LogP contribution in [0, 0.1) is 0 Å². The van der Waals surface area contributed by atoms with Crippen molar-refractivity contribution in [1.29, 1.82) is 0 Å². The van der Waals surface area contributed by atoms with Crippen molar-refractivity contribution in [2.75, 3.05) is 24.9 Å². The van der Waals surface area contributed by atoms with Crippen LogP contribution in [0.2, 0.25) is 10.0 Å². The molecule has 0 bridgehead atoms. The van der Waals surface area contributed by atoms with Gasteiger partial charge in [0.05, 0.1) is 36.2 Å². The van der Waals surface area contributed by atoms with Gasteiger partial charge in [0.15, 0.2) is 0 Å². The first-order valence-electron chi connectivity index (χ1n) is 7.19. The molecule has 0 aliphatic carbocycles. The number of esters is 1. The van der Waals surface area contributed by atoms with Gasteiger partial charge in [-0.3, -0.25) is 9.59 Å². The number of amides is 2. The number of benzene rings is 2. The summed E-state index contributed by atoms with van der Waals surface area (Å²) in [6.07, 6.45) is 0. The smallest absolute Gasteiger partial charge is 0.337 e. The maximum Gasteiger partial charge on any atom is 0.337 e. The van der Waals surface area contributed by atoms with E-state index < -0.39 is 17.8 Å². The van der Waals surface area contributed by atoms with E-state index in [0.717, 1.165) is 0 Å². The molecule has 0 aliphatic rings. The molecule has 0 aliphatic heterocycles. The molecule has 0 heterocycles. The van der Waals surface area contributed by atoms with Crippen molar-refractivity contribution in [1.82, 2.24) is 0 Å². The second kappa shape index (κ2) is 8.55. The second-order valence-corrected chi connectivity index (χ2v) is 5.78. The van der Waals surface area contributed by atoms with Gasteiger partial charge < -0.3 is 20.1 Å². The normalized spacial score (nSPS) is 10.0. The molecule has 0 aromatic heterocycles. The molecule has 2 amide bonds. The molecular weight excluding hydrogens is 383 g/mol. The Bertz CT molecular complexity index is 870. The van der Waals surface area contributed by atoms with Crippen molar-refractivity contribution in [2.24, 2.45) is 0 Å². The van der Waals surface area contributed by atoms with E-state index in [4.69, 9.17) is 27.9 Å². The standard InChI is InChI=1S/C17H14Cl2N2O5/c1-25-14-6-4-10(18)8-13(14)21-16(23)15(22)20-12-7-9(17(24)26-2)3-5-11(12)19/h3-8H,1-2H3,(H,20,22)(H,21,23). The highest BCUT2D eigenvalue weighted by Gasteiger charge is 2.18. The van der Waals surface area contributed by atoms with Gasteiger partial charge in [0.2, 0.25) is 0 Å². The number of methoxy groups -OCH3 is 2. The minimum absolute atomic E-state index is 0.0905. The van der Waals surface area contributed by atoms with E-state index in [-0.39, 0.29) is 22.0 Å². The summed E-state index contributed by atoms with van der Waals surface area (Å²) >= 11 is 11.9. The third kappa shape index (κ3) is 4.65. The Morgan fingerprint density at radius 2 is 1.54 bits per heavy atom. The highest BCUT2D eigenvalue weighted by molar-refractivity contribution is 6.45. The molecule has 2 N–H and O–H groups in total. The molecule has 0 saturated carbocycles. The summed E-state index contributed by atoms with van der Waals surface area (Å²) in [6.45, 7) is 0. The average Bonchev–Trinajstić information content (AvgIpc) is 2.63. The van der Waals surface area contributed by atoms with Gasteiger partial charge in [-0.2, -0.15) is 0 Å². The molecule has 2 rings (SSSR count). The van der Waals surface area contributed by atoms with Crippen molar-refractivity contribution in [3.8, 4) is 5.75 Å². The van der Waals surface area contributed by atoms with E-state index in [1.807, 2.05) is 0 Å². The van der Waals surface area contributed by atoms with Crippen molar-refractivity contribution >= 4 is 52.4 Å². The van der Waals surface area contributed by atoms with Gasteiger partial charge in [0, 0.05) is 5.02 Å². The number of rotatable bonds is 4. The van der Waals surface area contributed by atoms with Crippen molar-refractivity contribution in [2.45, 2.75) is 0 Å². The van der Waals surface area contributed by atoms with E-state index in [1.54, 1.807) is 12.1 Å². The summed E-state index contributed by atoms with van der Waals surface area (Å²) in [5.41, 5.74) is 0.492. The number of anilines is 2. The van der Waals surface area contributed by atoms with Gasteiger partial charge in [0.1, 0.15) is 5.75 Å². The first-order chi connectivity index (χ1) is 12.3. The largest absolute Gasteiger partial charge is 0.495 e. The van der Waals surface area contributed by atoms with Gasteiger partial charge in [-0.15, -0.1) is 0 Å². The monoisotopic (exact) mass is 396 g/mol. The van der Waals surface area contributed by atoms with E-state index >= 15 is 0 Å². The zero-order valence-electron chi connectivity index (χ0n) is 13.8. The van der Waals surface area contributed by atoms with Crippen molar-refractivity contribution < 1.29 is 23.9 Å². The van der Waals surface area contributed by atoms with E-state index in [0.29, 0.717) is 10.8 Å². The number of nitrogens with one attached hydrogen (secondary N) is 2. The highest BCUT2D eigenvalue weighted by atomic mass is 35.5. The Morgan fingerprint density at radius 3 is 2.15 bits per heavy atom. The van der Waals surface area contributed by atoms with Crippen LogP contribution in [-0.4, -0.2) is 32.0 Å². The topological polar surface area (TPSA) is 93.7 Å². The summed E-state index contributed by atoms with van der Waals surface area (Å²) in [7, 11) is 2.64. The maximum atomic E-state index is 12.1. The molecule has 0 atom stereocenters. The molecule has 2 aromatic carbocycles. The number of ether oxygens (including phenoxy) is 2. The Kier molecular flexibility index (Phi) is 6.43. The fourth-order valence-electron chi connectivity index (χ4n) is 2.00. The quantitative estimate of drug-likeness (QED) is 0.610. The lowest BCUT2D eigenvalue weighted by Gasteiger charge is -2.11. The fraction of sp³-hybridized carbons (Fsp3) is 0.118. The lowest BCUT2D eigenvalue weighted by atomic mass is 10.2. The van der Waals surface area contributed by atoms with Crippen LogP contribution in [0.1, 0.15) is 10.4 Å². The lowest BCUT2D eigenvalue weighted by molar-refractivity contribution is -0.133. The van der Waals surface area contributed by atoms with Gasteiger partial charge in [-0.25, -0.2) is 4.79 Å². The van der Waals surface area contributed by atoms with Gasteiger partial charge in [0.25, 0.3) is 0 Å². The van der Waals surface area contributed by atoms with Crippen LogP contribution in [0.5, 0.6) is 5.75 Å². The van der Waals surface area contributed by atoms with Gasteiger partial charge in [-0.05, 0) is 36.4 Å². The maximum absolute atomic E-state index is 12.1. The predicted octanol–water partition coefficient (Wildman–Crippen LogP) is 3.37. The summed E-state index contributed by atoms with van der Waals surface area (Å²) in [5, 5.41) is 5.24. The van der Waals surface area contributed by atoms with Crippen LogP contribution >= 0.6 is 23.2 Å². The molecule has 2 aromatic rings. The van der Waals surface area contributed by atoms with Crippen molar-refractivity contribution in [3.05, 3.63) is 52.0 Å². The summed E-state index contributed by atoms with van der Waals surface area (Å²) < 4.78 is 9.69. The third-order valence-corrected chi connectivity index (χ3v) is 3.82. The van der Waals surface area contributed by atoms with Crippen LogP contribution < -0.4 is 15.4 Å². The number of carbonyl (C=O) groups excluding carboxylic acids is 3. The van der Waals surface area contributed by atoms with E-state index in [1.165, 1.54) is 38.5 Å². The first kappa shape index (κ1) is 19.6. The summed E-state index contributed by atoms with van der Waals surface area (Å²) in [4.78, 5) is 35.8. The lowest BCUT2D eigenvalue weighted by Crippen LogP contribution is -2.29. The molecule has 0 spiro atoms. The van der Waals surface area contributed by atoms with Crippen molar-refractivity contribution in [3.63, 3.8) is 0 Å². The van der Waals surface area contributed by atoms with Gasteiger partial charge in [-0.1, -0.05) is 23.2 Å². The van der Waals surface area contributed by atoms with E-state index in [2.05, 4.69) is 15.4 Å². The van der Waals surface area contributed by atoms with Crippen LogP contribution in [0.25, 0.3) is 0 Å². The molecule has 0 radical (unpaired) electrons. The zero-order valence-corrected chi connectivity index (χ0v) is 15.3. The molecule has 26 heavy (non-hydrogen) atoms. The molecule has 136 valence electrons. The number of hydrogen-bond donors (Lipinski definition) is 2. The third-order valence-electron chi connectivity index (χ3n) is 3.25. The number of hydrogen-bond acceptors (Lipinski definition) is 5. The Labute approximate surface area is 159 Å². The Morgan fingerprint density at radius 1 is 0.885 bits per heavy atom. The molecular formula is C17H14Cl2N2O5. The van der Waals surface area contributed by atoms with Gasteiger partial charge >= 0.3 is 17.8 Å². The first-order valence-corrected chi connectivity index (χ1v) is 7.95. The number of halogens is 2. The van der Waals surface area contributed by atoms with E-state index in [9.17, 15) is 14.4 Å². The fourth-order valence-corrected chi connectivity index (χ4v) is 2.34. The highest BCUT2D eigenvalue weighted by Crippen LogP contribution is 2.28. The van der Waals surface area contributed by atoms with Crippen LogP contribution in [0.15, 0.2) is 36.4 Å². The summed E-state index contributed by atoms with van der Waals surface area (Å²) in [6, 6.07) is 8.71. The summed E-state index contributed by atoms with van der Waals surface area (Å²) in [5.74, 6) is -2.23. The van der Waals surface area contributed by atoms with Crippen LogP contribution in [-0.2, 0) is 14.3 Å². The van der Waals surface area contributed by atoms with Crippen LogP contribution in [0.4, 0.5) is 11.4 Å². The molecule has 9 heteroatoms. The Balaban J connectivity index is 2.16. The predicted molar refractivity (Wildman–Crippen MR) is 98.1 cm³/mol. The molecule has 0 saturated heterocycles. The average molecular weight is 397 g/mol. The minimum Gasteiger partial charge on any atom is -0.495 e. The number of carbonyl (C=O) groups is 3. The second-order valence-electron chi connectivity index (χ2n) is 4.94. The molecule has 0 unspecified atom stereocenters.